The second-order valence-electron chi connectivity index (χ2n) is 2.60. The minimum absolute atomic E-state index is 0.354. The lowest BCUT2D eigenvalue weighted by molar-refractivity contribution is 0.360. The zero-order valence-corrected chi connectivity index (χ0v) is 8.52. The van der Waals surface area contributed by atoms with E-state index in [1.165, 1.54) is 19.2 Å². The van der Waals surface area contributed by atoms with Crippen LogP contribution in [-0.4, -0.2) is 12.9 Å². The topological polar surface area (TPSA) is 9.23 Å². The van der Waals surface area contributed by atoms with E-state index < -0.39 is 11.6 Å². The molecule has 76 valence electrons. The van der Waals surface area contributed by atoms with Crippen LogP contribution in [-0.2, 0) is 0 Å². The van der Waals surface area contributed by atoms with E-state index in [4.69, 9.17) is 0 Å². The fourth-order valence-corrected chi connectivity index (χ4v) is 1.16. The summed E-state index contributed by atoms with van der Waals surface area (Å²) in [5, 5.41) is 0. The fourth-order valence-electron chi connectivity index (χ4n) is 1.06. The predicted octanol–water partition coefficient (Wildman–Crippen LogP) is 2.92. The first kappa shape index (κ1) is 11.0. The number of thiol groups is 1. The van der Waals surface area contributed by atoms with E-state index in [1.54, 1.807) is 12.2 Å². The molecule has 1 nitrogen and oxygen atoms in total. The monoisotopic (exact) mass is 216 g/mol. The Morgan fingerprint density at radius 1 is 1.36 bits per heavy atom. The summed E-state index contributed by atoms with van der Waals surface area (Å²) in [5.41, 5.74) is 0.454. The molecule has 0 aliphatic heterocycles. The van der Waals surface area contributed by atoms with Gasteiger partial charge in [-0.25, -0.2) is 8.78 Å². The fraction of sp³-hybridized carbons (Fsp3) is 0.200. The number of methoxy groups -OCH3 is 1. The smallest absolute Gasteiger partial charge is 0.190 e. The van der Waals surface area contributed by atoms with E-state index in [9.17, 15) is 8.78 Å². The Labute approximate surface area is 86.8 Å². The standard InChI is InChI=1S/C10H10F2OS/c1-13-10-8(11)5-7(3-2-4-14)6-9(10)12/h2-3,5-6,14H,4H2,1H3. The molecule has 0 aliphatic rings. The van der Waals surface area contributed by atoms with Crippen LogP contribution in [0.5, 0.6) is 5.75 Å². The molecule has 0 aliphatic carbocycles. The van der Waals surface area contributed by atoms with E-state index in [2.05, 4.69) is 17.4 Å². The molecule has 0 unspecified atom stereocenters. The Hall–Kier alpha value is -1.03. The van der Waals surface area contributed by atoms with Crippen molar-refractivity contribution in [2.24, 2.45) is 0 Å². The van der Waals surface area contributed by atoms with Crippen LogP contribution in [0.1, 0.15) is 5.56 Å². The summed E-state index contributed by atoms with van der Waals surface area (Å²) in [6, 6.07) is 2.42. The van der Waals surface area contributed by atoms with Gasteiger partial charge in [0.2, 0.25) is 0 Å². The molecule has 0 atom stereocenters. The Bertz CT molecular complexity index is 327. The summed E-state index contributed by atoms with van der Waals surface area (Å²) in [4.78, 5) is 0. The highest BCUT2D eigenvalue weighted by atomic mass is 32.1. The Morgan fingerprint density at radius 2 is 1.93 bits per heavy atom. The maximum Gasteiger partial charge on any atom is 0.190 e. The molecule has 4 heteroatoms. The van der Waals surface area contributed by atoms with Crippen molar-refractivity contribution in [3.63, 3.8) is 0 Å². The maximum absolute atomic E-state index is 13.1. The van der Waals surface area contributed by atoms with Crippen molar-refractivity contribution < 1.29 is 13.5 Å². The largest absolute Gasteiger partial charge is 0.491 e. The summed E-state index contributed by atoms with van der Waals surface area (Å²) >= 11 is 3.94. The molecule has 0 amide bonds. The molecule has 14 heavy (non-hydrogen) atoms. The molecular formula is C10H10F2OS. The van der Waals surface area contributed by atoms with Gasteiger partial charge in [-0.1, -0.05) is 12.2 Å². The molecule has 0 heterocycles. The molecule has 0 fully saturated rings. The molecule has 0 bridgehead atoms. The van der Waals surface area contributed by atoms with Crippen LogP contribution in [0.2, 0.25) is 0 Å². The third-order valence-corrected chi connectivity index (χ3v) is 1.85. The molecule has 0 spiro atoms. The highest BCUT2D eigenvalue weighted by molar-refractivity contribution is 7.80. The van der Waals surface area contributed by atoms with Crippen molar-refractivity contribution in [3.8, 4) is 5.75 Å². The van der Waals surface area contributed by atoms with Crippen LogP contribution in [0.4, 0.5) is 8.78 Å². The van der Waals surface area contributed by atoms with Gasteiger partial charge in [0.05, 0.1) is 7.11 Å². The van der Waals surface area contributed by atoms with Crippen molar-refractivity contribution in [1.29, 1.82) is 0 Å². The first-order valence-corrected chi connectivity index (χ1v) is 4.62. The Morgan fingerprint density at radius 3 is 2.36 bits per heavy atom. The third kappa shape index (κ3) is 2.48. The summed E-state index contributed by atoms with van der Waals surface area (Å²) in [7, 11) is 1.23. The van der Waals surface area contributed by atoms with Gasteiger partial charge in [0.15, 0.2) is 17.4 Å². The van der Waals surface area contributed by atoms with Crippen LogP contribution in [0, 0.1) is 11.6 Å². The average molecular weight is 216 g/mol. The van der Waals surface area contributed by atoms with Crippen LogP contribution in [0.15, 0.2) is 18.2 Å². The van der Waals surface area contributed by atoms with Gasteiger partial charge >= 0.3 is 0 Å². The lowest BCUT2D eigenvalue weighted by Crippen LogP contribution is -1.93. The zero-order chi connectivity index (χ0) is 10.6. The minimum Gasteiger partial charge on any atom is -0.491 e. The average Bonchev–Trinajstić information content (AvgIpc) is 2.14. The van der Waals surface area contributed by atoms with Gasteiger partial charge in [-0.2, -0.15) is 12.6 Å². The molecule has 0 N–H and O–H groups in total. The van der Waals surface area contributed by atoms with Gasteiger partial charge in [0.25, 0.3) is 0 Å². The van der Waals surface area contributed by atoms with Gasteiger partial charge < -0.3 is 4.74 Å². The summed E-state index contributed by atoms with van der Waals surface area (Å²) in [5.74, 6) is -1.24. The number of rotatable bonds is 3. The number of ether oxygens (including phenoxy) is 1. The predicted molar refractivity (Wildman–Crippen MR) is 55.8 cm³/mol. The second kappa shape index (κ2) is 5.00. The summed E-state index contributed by atoms with van der Waals surface area (Å²) in [6.07, 6.45) is 3.29. The van der Waals surface area contributed by atoms with Crippen LogP contribution in [0.25, 0.3) is 6.08 Å². The van der Waals surface area contributed by atoms with Crippen molar-refractivity contribution in [2.45, 2.75) is 0 Å². The minimum atomic E-state index is -0.702. The highest BCUT2D eigenvalue weighted by Gasteiger charge is 2.09. The SMILES string of the molecule is COc1c(F)cc(C=CCS)cc1F. The molecule has 0 saturated heterocycles. The number of benzene rings is 1. The van der Waals surface area contributed by atoms with Crippen molar-refractivity contribution >= 4 is 18.7 Å². The van der Waals surface area contributed by atoms with Gasteiger partial charge in [-0.3, -0.25) is 0 Å². The second-order valence-corrected chi connectivity index (χ2v) is 2.97. The van der Waals surface area contributed by atoms with Crippen molar-refractivity contribution in [2.75, 3.05) is 12.9 Å². The molecule has 1 aromatic carbocycles. The first-order chi connectivity index (χ1) is 6.69. The van der Waals surface area contributed by atoms with Crippen LogP contribution < -0.4 is 4.74 Å². The van der Waals surface area contributed by atoms with E-state index in [-0.39, 0.29) is 5.75 Å². The molecule has 1 rings (SSSR count). The van der Waals surface area contributed by atoms with Gasteiger partial charge in [-0.15, -0.1) is 0 Å². The van der Waals surface area contributed by atoms with Crippen molar-refractivity contribution in [3.05, 3.63) is 35.4 Å². The first-order valence-electron chi connectivity index (χ1n) is 3.99. The summed E-state index contributed by atoms with van der Waals surface area (Å²) < 4.78 is 30.8. The van der Waals surface area contributed by atoms with Gasteiger partial charge in [0.1, 0.15) is 0 Å². The summed E-state index contributed by atoms with van der Waals surface area (Å²) in [6.45, 7) is 0. The number of hydrogen-bond acceptors (Lipinski definition) is 2. The van der Waals surface area contributed by atoms with Gasteiger partial charge in [-0.05, 0) is 17.7 Å². The van der Waals surface area contributed by atoms with E-state index in [0.717, 1.165) is 0 Å². The number of hydrogen-bond donors (Lipinski definition) is 1. The van der Waals surface area contributed by atoms with E-state index >= 15 is 0 Å². The van der Waals surface area contributed by atoms with Crippen molar-refractivity contribution in [1.82, 2.24) is 0 Å². The molecule has 0 radical (unpaired) electrons. The third-order valence-electron chi connectivity index (χ3n) is 1.64. The quantitative estimate of drug-likeness (QED) is 0.764. The lowest BCUT2D eigenvalue weighted by Gasteiger charge is -2.03. The zero-order valence-electron chi connectivity index (χ0n) is 7.63. The molecule has 0 saturated carbocycles. The molecule has 0 aromatic heterocycles. The molecule has 1 aromatic rings. The van der Waals surface area contributed by atoms with Crippen LogP contribution >= 0.6 is 12.6 Å². The van der Waals surface area contributed by atoms with Crippen LogP contribution in [0.3, 0.4) is 0 Å². The van der Waals surface area contributed by atoms with E-state index in [1.807, 2.05) is 0 Å². The maximum atomic E-state index is 13.1. The number of halogens is 2. The van der Waals surface area contributed by atoms with Gasteiger partial charge in [0, 0.05) is 5.75 Å². The highest BCUT2D eigenvalue weighted by Crippen LogP contribution is 2.23. The van der Waals surface area contributed by atoms with E-state index in [0.29, 0.717) is 11.3 Å². The Kier molecular flexibility index (Phi) is 3.95. The Balaban J connectivity index is 3.07. The molecular weight excluding hydrogens is 206 g/mol. The normalized spacial score (nSPS) is 10.9. The lowest BCUT2D eigenvalue weighted by atomic mass is 10.2.